The van der Waals surface area contributed by atoms with Crippen molar-refractivity contribution in [1.29, 1.82) is 0 Å². The van der Waals surface area contributed by atoms with Gasteiger partial charge in [0, 0.05) is 25.0 Å². The Kier molecular flexibility index (Phi) is 3.31. The summed E-state index contributed by atoms with van der Waals surface area (Å²) in [7, 11) is 2.22. The fourth-order valence-electron chi connectivity index (χ4n) is 2.38. The van der Waals surface area contributed by atoms with Crippen LogP contribution in [0, 0.1) is 5.92 Å². The van der Waals surface area contributed by atoms with Crippen LogP contribution >= 0.6 is 0 Å². The van der Waals surface area contributed by atoms with Crippen molar-refractivity contribution in [3.05, 3.63) is 24.5 Å². The van der Waals surface area contributed by atoms with Gasteiger partial charge in [0.25, 0.3) is 0 Å². The number of piperidine rings is 1. The van der Waals surface area contributed by atoms with Crippen molar-refractivity contribution in [2.45, 2.75) is 25.8 Å². The van der Waals surface area contributed by atoms with Crippen LogP contribution in [0.4, 0.5) is 0 Å². The molecule has 0 bridgehead atoms. The molecule has 2 unspecified atom stereocenters. The molecule has 0 saturated carbocycles. The number of rotatable bonds is 3. The molecule has 1 aliphatic rings. The average molecular weight is 207 g/mol. The van der Waals surface area contributed by atoms with Gasteiger partial charge in [-0.3, -0.25) is 4.68 Å². The van der Waals surface area contributed by atoms with Crippen LogP contribution in [-0.2, 0) is 0 Å². The summed E-state index contributed by atoms with van der Waals surface area (Å²) in [6.45, 7) is 4.76. The van der Waals surface area contributed by atoms with Gasteiger partial charge in [-0.2, -0.15) is 0 Å². The number of nitrogens with zero attached hydrogens (tertiary/aromatic N) is 2. The summed E-state index contributed by atoms with van der Waals surface area (Å²) in [5.41, 5.74) is 3.50. The molecule has 0 aliphatic carbocycles. The molecule has 0 aromatic carbocycles. The number of likely N-dealkylation sites (tertiary alicyclic amines) is 1. The molecule has 1 N–H and O–H groups in total. The van der Waals surface area contributed by atoms with Crippen LogP contribution in [0.25, 0.3) is 0 Å². The van der Waals surface area contributed by atoms with E-state index in [1.54, 1.807) is 0 Å². The topological polar surface area (TPSA) is 20.2 Å². The maximum absolute atomic E-state index is 3.50. The zero-order valence-electron chi connectivity index (χ0n) is 9.69. The molecule has 2 heterocycles. The molecule has 0 amide bonds. The van der Waals surface area contributed by atoms with Gasteiger partial charge in [0.1, 0.15) is 0 Å². The van der Waals surface area contributed by atoms with E-state index in [1.165, 1.54) is 25.9 Å². The second-order valence-electron chi connectivity index (χ2n) is 4.67. The molecule has 1 fully saturated rings. The Balaban J connectivity index is 1.87. The average Bonchev–Trinajstić information content (AvgIpc) is 2.70. The molecule has 2 rings (SSSR count). The Morgan fingerprint density at radius 2 is 2.07 bits per heavy atom. The Morgan fingerprint density at radius 3 is 2.73 bits per heavy atom. The predicted octanol–water partition coefficient (Wildman–Crippen LogP) is 1.76. The van der Waals surface area contributed by atoms with Crippen molar-refractivity contribution in [1.82, 2.24) is 9.58 Å². The highest BCUT2D eigenvalue weighted by molar-refractivity contribution is 4.96. The van der Waals surface area contributed by atoms with Gasteiger partial charge in [-0.05, 0) is 51.4 Å². The number of hydrogen-bond donors (Lipinski definition) is 1. The van der Waals surface area contributed by atoms with Crippen LogP contribution < -0.4 is 5.43 Å². The van der Waals surface area contributed by atoms with Crippen LogP contribution in [0.5, 0.6) is 0 Å². The molecule has 1 aromatic rings. The Hall–Kier alpha value is -0.960. The quantitative estimate of drug-likeness (QED) is 0.815. The van der Waals surface area contributed by atoms with E-state index >= 15 is 0 Å². The Labute approximate surface area is 92.0 Å². The first-order valence-electron chi connectivity index (χ1n) is 5.84. The van der Waals surface area contributed by atoms with Gasteiger partial charge in [-0.15, -0.1) is 0 Å². The predicted molar refractivity (Wildman–Crippen MR) is 63.5 cm³/mol. The molecule has 84 valence electrons. The maximum Gasteiger partial charge on any atom is 0.0436 e. The van der Waals surface area contributed by atoms with Crippen molar-refractivity contribution in [2.24, 2.45) is 5.92 Å². The van der Waals surface area contributed by atoms with Gasteiger partial charge in [-0.1, -0.05) is 0 Å². The molecule has 2 atom stereocenters. The van der Waals surface area contributed by atoms with Crippen molar-refractivity contribution in [2.75, 3.05) is 25.6 Å². The van der Waals surface area contributed by atoms with Crippen molar-refractivity contribution in [3.63, 3.8) is 0 Å². The van der Waals surface area contributed by atoms with Gasteiger partial charge < -0.3 is 10.3 Å². The molecular formula is C12H21N3. The smallest absolute Gasteiger partial charge is 0.0436 e. The summed E-state index contributed by atoms with van der Waals surface area (Å²) >= 11 is 0. The van der Waals surface area contributed by atoms with E-state index in [-0.39, 0.29) is 0 Å². The molecule has 1 aliphatic heterocycles. The standard InChI is InChI=1S/C12H21N3/c1-11(13-15-8-3-4-9-15)12-6-5-7-14(2)10-12/h3-4,8-9,11-13H,5-7,10H2,1-2H3. The van der Waals surface area contributed by atoms with Crippen molar-refractivity contribution in [3.8, 4) is 0 Å². The third-order valence-corrected chi connectivity index (χ3v) is 3.33. The summed E-state index contributed by atoms with van der Waals surface area (Å²) in [4.78, 5) is 2.43. The van der Waals surface area contributed by atoms with Gasteiger partial charge in [0.05, 0.1) is 0 Å². The van der Waals surface area contributed by atoms with Crippen LogP contribution in [0.3, 0.4) is 0 Å². The van der Waals surface area contributed by atoms with Crippen LogP contribution in [0.1, 0.15) is 19.8 Å². The normalized spacial score (nSPS) is 25.1. The lowest BCUT2D eigenvalue weighted by atomic mass is 9.92. The Morgan fingerprint density at radius 1 is 1.33 bits per heavy atom. The summed E-state index contributed by atoms with van der Waals surface area (Å²) < 4.78 is 2.05. The molecule has 1 saturated heterocycles. The van der Waals surface area contributed by atoms with Gasteiger partial charge in [0.15, 0.2) is 0 Å². The number of aromatic nitrogens is 1. The van der Waals surface area contributed by atoms with E-state index in [0.29, 0.717) is 6.04 Å². The molecule has 15 heavy (non-hydrogen) atoms. The van der Waals surface area contributed by atoms with Gasteiger partial charge in [0.2, 0.25) is 0 Å². The van der Waals surface area contributed by atoms with Gasteiger partial charge >= 0.3 is 0 Å². The minimum atomic E-state index is 0.542. The van der Waals surface area contributed by atoms with Crippen molar-refractivity contribution >= 4 is 0 Å². The van der Waals surface area contributed by atoms with E-state index in [1.807, 2.05) is 12.1 Å². The second kappa shape index (κ2) is 4.71. The third kappa shape index (κ3) is 2.75. The lowest BCUT2D eigenvalue weighted by molar-refractivity contribution is 0.194. The molecule has 1 aromatic heterocycles. The minimum Gasteiger partial charge on any atom is -0.323 e. The first kappa shape index (κ1) is 10.6. The van der Waals surface area contributed by atoms with E-state index < -0.39 is 0 Å². The number of nitrogens with one attached hydrogen (secondary N) is 1. The summed E-state index contributed by atoms with van der Waals surface area (Å²) in [5.74, 6) is 0.770. The fraction of sp³-hybridized carbons (Fsp3) is 0.667. The molecule has 3 heteroatoms. The van der Waals surface area contributed by atoms with Gasteiger partial charge in [-0.25, -0.2) is 0 Å². The third-order valence-electron chi connectivity index (χ3n) is 3.33. The van der Waals surface area contributed by atoms with E-state index in [2.05, 4.69) is 41.4 Å². The highest BCUT2D eigenvalue weighted by atomic mass is 15.4. The van der Waals surface area contributed by atoms with E-state index in [9.17, 15) is 0 Å². The number of hydrogen-bond acceptors (Lipinski definition) is 2. The van der Waals surface area contributed by atoms with E-state index in [0.717, 1.165) is 5.92 Å². The lowest BCUT2D eigenvalue weighted by Gasteiger charge is -2.34. The second-order valence-corrected chi connectivity index (χ2v) is 4.67. The fourth-order valence-corrected chi connectivity index (χ4v) is 2.38. The maximum atomic E-state index is 3.50. The zero-order chi connectivity index (χ0) is 10.7. The summed E-state index contributed by atoms with van der Waals surface area (Å²) in [5, 5.41) is 0. The summed E-state index contributed by atoms with van der Waals surface area (Å²) in [6, 6.07) is 4.64. The monoisotopic (exact) mass is 207 g/mol. The minimum absolute atomic E-state index is 0.542. The van der Waals surface area contributed by atoms with E-state index in [4.69, 9.17) is 0 Å². The van der Waals surface area contributed by atoms with Crippen LogP contribution in [0.15, 0.2) is 24.5 Å². The lowest BCUT2D eigenvalue weighted by Crippen LogP contribution is -2.41. The highest BCUT2D eigenvalue weighted by Crippen LogP contribution is 2.18. The van der Waals surface area contributed by atoms with Crippen molar-refractivity contribution < 1.29 is 0 Å². The molecule has 3 nitrogen and oxygen atoms in total. The SMILES string of the molecule is CC(Nn1cccc1)C1CCCN(C)C1. The van der Waals surface area contributed by atoms with Crippen LogP contribution in [-0.4, -0.2) is 35.8 Å². The largest absolute Gasteiger partial charge is 0.323 e. The Bertz CT molecular complexity index is 281. The molecule has 0 spiro atoms. The van der Waals surface area contributed by atoms with Crippen LogP contribution in [0.2, 0.25) is 0 Å². The summed E-state index contributed by atoms with van der Waals surface area (Å²) in [6.07, 6.45) is 6.80. The zero-order valence-corrected chi connectivity index (χ0v) is 9.69. The molecule has 0 radical (unpaired) electrons. The molecular weight excluding hydrogens is 186 g/mol. The highest BCUT2D eigenvalue weighted by Gasteiger charge is 2.22. The first-order valence-corrected chi connectivity index (χ1v) is 5.84. The first-order chi connectivity index (χ1) is 7.25.